The van der Waals surface area contributed by atoms with Gasteiger partial charge in [-0.1, -0.05) is 0 Å². The van der Waals surface area contributed by atoms with Crippen LogP contribution in [0.1, 0.15) is 6.42 Å². The normalized spacial score (nSPS) is 22.4. The van der Waals surface area contributed by atoms with Crippen molar-refractivity contribution in [3.63, 3.8) is 0 Å². The number of hydrogen-bond donors (Lipinski definition) is 1. The van der Waals surface area contributed by atoms with Crippen molar-refractivity contribution in [1.29, 1.82) is 0 Å². The quantitative estimate of drug-likeness (QED) is 0.728. The minimum atomic E-state index is -0.367. The summed E-state index contributed by atoms with van der Waals surface area (Å²) in [6.45, 7) is 1.93. The molecular formula is C17H18FN7O2. The molecular weight excluding hydrogens is 353 g/mol. The molecule has 2 aliphatic rings. The number of imidazole rings is 1. The van der Waals surface area contributed by atoms with E-state index in [9.17, 15) is 9.18 Å². The Morgan fingerprint density at radius 3 is 3.07 bits per heavy atom. The molecule has 0 saturated carbocycles. The van der Waals surface area contributed by atoms with Crippen molar-refractivity contribution in [2.24, 2.45) is 13.0 Å². The molecule has 3 aromatic heterocycles. The van der Waals surface area contributed by atoms with E-state index in [-0.39, 0.29) is 18.0 Å². The van der Waals surface area contributed by atoms with Gasteiger partial charge in [0.25, 0.3) is 0 Å². The number of hydrogen-bond acceptors (Lipinski definition) is 6. The summed E-state index contributed by atoms with van der Waals surface area (Å²) >= 11 is 0. The van der Waals surface area contributed by atoms with Crippen LogP contribution < -0.4 is 10.2 Å². The molecule has 0 bridgehead atoms. The second kappa shape index (κ2) is 5.93. The van der Waals surface area contributed by atoms with Gasteiger partial charge >= 0.3 is 6.09 Å². The zero-order valence-electron chi connectivity index (χ0n) is 14.7. The fraction of sp³-hybridized carbons (Fsp3) is 0.412. The van der Waals surface area contributed by atoms with E-state index in [1.54, 1.807) is 16.7 Å². The Labute approximate surface area is 153 Å². The molecule has 2 saturated heterocycles. The molecule has 2 fully saturated rings. The third-order valence-electron chi connectivity index (χ3n) is 5.27. The van der Waals surface area contributed by atoms with Gasteiger partial charge in [0, 0.05) is 38.4 Å². The summed E-state index contributed by atoms with van der Waals surface area (Å²) in [5, 5.41) is 11.5. The zero-order valence-corrected chi connectivity index (χ0v) is 14.7. The molecule has 2 aliphatic heterocycles. The highest BCUT2D eigenvalue weighted by atomic mass is 19.1. The van der Waals surface area contributed by atoms with E-state index in [4.69, 9.17) is 4.74 Å². The van der Waals surface area contributed by atoms with Gasteiger partial charge in [0.05, 0.1) is 12.6 Å². The topological polar surface area (TPSA) is 89.6 Å². The Balaban J connectivity index is 1.43. The summed E-state index contributed by atoms with van der Waals surface area (Å²) in [5.74, 6) is 1.31. The number of piperidine rings is 1. The van der Waals surface area contributed by atoms with Crippen LogP contribution in [0.2, 0.25) is 0 Å². The van der Waals surface area contributed by atoms with Gasteiger partial charge in [-0.25, -0.2) is 14.2 Å². The number of anilines is 1. The lowest BCUT2D eigenvalue weighted by Crippen LogP contribution is -2.57. The van der Waals surface area contributed by atoms with Crippen molar-refractivity contribution in [1.82, 2.24) is 29.5 Å². The lowest BCUT2D eigenvalue weighted by molar-refractivity contribution is 0.0730. The molecule has 140 valence electrons. The molecule has 27 heavy (non-hydrogen) atoms. The average molecular weight is 371 g/mol. The second-order valence-corrected chi connectivity index (χ2v) is 6.97. The van der Waals surface area contributed by atoms with Crippen molar-refractivity contribution in [3.05, 3.63) is 30.3 Å². The van der Waals surface area contributed by atoms with Crippen LogP contribution in [0, 0.1) is 11.7 Å². The molecule has 9 nitrogen and oxygen atoms in total. The number of carbonyl (C=O) groups is 1. The third-order valence-corrected chi connectivity index (χ3v) is 5.27. The monoisotopic (exact) mass is 371 g/mol. The van der Waals surface area contributed by atoms with E-state index in [0.717, 1.165) is 13.0 Å². The molecule has 0 radical (unpaired) electrons. The summed E-state index contributed by atoms with van der Waals surface area (Å²) in [7, 11) is 1.88. The van der Waals surface area contributed by atoms with Crippen molar-refractivity contribution >= 4 is 17.7 Å². The van der Waals surface area contributed by atoms with Gasteiger partial charge in [0.2, 0.25) is 5.95 Å². The van der Waals surface area contributed by atoms with E-state index in [2.05, 4.69) is 25.4 Å². The Morgan fingerprint density at radius 1 is 1.30 bits per heavy atom. The zero-order chi connectivity index (χ0) is 18.5. The maximum absolute atomic E-state index is 13.4. The van der Waals surface area contributed by atoms with Crippen LogP contribution in [0.5, 0.6) is 0 Å². The van der Waals surface area contributed by atoms with Gasteiger partial charge in [-0.3, -0.25) is 4.57 Å². The number of carbonyl (C=O) groups excluding carboxylic acids is 1. The molecule has 2 atom stereocenters. The molecule has 5 heterocycles. The first-order valence-electron chi connectivity index (χ1n) is 8.81. The number of fused-ring (bicyclic) bond motifs is 2. The maximum atomic E-state index is 13.4. The van der Waals surface area contributed by atoms with Gasteiger partial charge in [-0.15, -0.1) is 10.2 Å². The molecule has 0 unspecified atom stereocenters. The second-order valence-electron chi connectivity index (χ2n) is 6.97. The van der Waals surface area contributed by atoms with Crippen molar-refractivity contribution in [2.75, 3.05) is 24.6 Å². The van der Waals surface area contributed by atoms with Crippen LogP contribution in [-0.2, 0) is 11.8 Å². The number of nitrogens with one attached hydrogen (secondary N) is 1. The first kappa shape index (κ1) is 16.0. The Morgan fingerprint density at radius 2 is 2.19 bits per heavy atom. The van der Waals surface area contributed by atoms with Crippen LogP contribution >= 0.6 is 0 Å². The Bertz CT molecular complexity index is 1030. The predicted molar refractivity (Wildman–Crippen MR) is 93.7 cm³/mol. The summed E-state index contributed by atoms with van der Waals surface area (Å²) in [6, 6.07) is 3.04. The van der Waals surface area contributed by atoms with E-state index in [1.165, 1.54) is 12.3 Å². The number of halogens is 1. The largest absolute Gasteiger partial charge is 0.449 e. The molecule has 1 N–H and O–H groups in total. The lowest BCUT2D eigenvalue weighted by Gasteiger charge is -2.40. The number of nitrogens with zero attached hydrogens (tertiary/aromatic N) is 6. The highest BCUT2D eigenvalue weighted by Gasteiger charge is 2.36. The number of aromatic nitrogens is 5. The fourth-order valence-corrected chi connectivity index (χ4v) is 3.81. The van der Waals surface area contributed by atoms with E-state index in [0.29, 0.717) is 42.2 Å². The van der Waals surface area contributed by atoms with Gasteiger partial charge in [0.15, 0.2) is 5.82 Å². The number of cyclic esters (lactones) is 1. The van der Waals surface area contributed by atoms with Crippen LogP contribution in [-0.4, -0.2) is 56.0 Å². The minimum Gasteiger partial charge on any atom is -0.449 e. The third kappa shape index (κ3) is 2.68. The first-order chi connectivity index (χ1) is 13.1. The number of pyridine rings is 1. The maximum Gasteiger partial charge on any atom is 0.407 e. The van der Waals surface area contributed by atoms with Crippen LogP contribution in [0.4, 0.5) is 15.1 Å². The lowest BCUT2D eigenvalue weighted by atomic mass is 9.92. The van der Waals surface area contributed by atoms with Crippen molar-refractivity contribution in [2.45, 2.75) is 12.5 Å². The Kier molecular flexibility index (Phi) is 3.52. The molecule has 0 aliphatic carbocycles. The SMILES string of the molecule is Cn1c(-c2cn3cc(F)ccc3n2)nnc1N1CC[C@@H]2COC(=O)N[C@H]2C1. The van der Waals surface area contributed by atoms with Gasteiger partial charge in [0.1, 0.15) is 17.2 Å². The molecule has 0 aromatic carbocycles. The summed E-state index contributed by atoms with van der Waals surface area (Å²) in [6.07, 6.45) is 3.65. The molecule has 10 heteroatoms. The first-order valence-corrected chi connectivity index (χ1v) is 8.81. The predicted octanol–water partition coefficient (Wildman–Crippen LogP) is 1.20. The molecule has 3 aromatic rings. The van der Waals surface area contributed by atoms with Crippen molar-refractivity contribution in [3.8, 4) is 11.5 Å². The van der Waals surface area contributed by atoms with Crippen LogP contribution in [0.15, 0.2) is 24.5 Å². The van der Waals surface area contributed by atoms with E-state index in [1.807, 2.05) is 11.6 Å². The van der Waals surface area contributed by atoms with Gasteiger partial charge in [-0.05, 0) is 18.6 Å². The number of amides is 1. The standard InChI is InChI=1S/C17H18FN7O2/c1-23-15(13-8-25-6-11(18)2-3-14(25)19-13)21-22-16(23)24-5-4-10-9-27-17(26)20-12(10)7-24/h2-3,6,8,10,12H,4-5,7,9H2,1H3,(H,20,26)/t10-,12+/m1/s1. The highest BCUT2D eigenvalue weighted by molar-refractivity contribution is 5.68. The van der Waals surface area contributed by atoms with Crippen LogP contribution in [0.3, 0.4) is 0 Å². The fourth-order valence-electron chi connectivity index (χ4n) is 3.81. The number of ether oxygens (including phenoxy) is 1. The average Bonchev–Trinajstić information content (AvgIpc) is 3.23. The number of rotatable bonds is 2. The minimum absolute atomic E-state index is 0.0401. The molecule has 0 spiro atoms. The highest BCUT2D eigenvalue weighted by Crippen LogP contribution is 2.27. The summed E-state index contributed by atoms with van der Waals surface area (Å²) in [5.41, 5.74) is 1.26. The number of alkyl carbamates (subject to hydrolysis) is 1. The smallest absolute Gasteiger partial charge is 0.407 e. The summed E-state index contributed by atoms with van der Waals surface area (Å²) < 4.78 is 22.0. The van der Waals surface area contributed by atoms with E-state index < -0.39 is 0 Å². The van der Waals surface area contributed by atoms with E-state index >= 15 is 0 Å². The molecule has 1 amide bonds. The van der Waals surface area contributed by atoms with Crippen LogP contribution in [0.25, 0.3) is 17.2 Å². The van der Waals surface area contributed by atoms with Gasteiger partial charge in [-0.2, -0.15) is 0 Å². The summed E-state index contributed by atoms with van der Waals surface area (Å²) in [4.78, 5) is 18.1. The molecule has 5 rings (SSSR count). The van der Waals surface area contributed by atoms with Crippen molar-refractivity contribution < 1.29 is 13.9 Å². The van der Waals surface area contributed by atoms with Gasteiger partial charge < -0.3 is 19.4 Å². The Hall–Kier alpha value is -3.17.